The van der Waals surface area contributed by atoms with Gasteiger partial charge in [0.15, 0.2) is 5.75 Å². The van der Waals surface area contributed by atoms with Crippen LogP contribution in [0.15, 0.2) is 6.20 Å². The first-order valence-corrected chi connectivity index (χ1v) is 4.31. The van der Waals surface area contributed by atoms with E-state index in [4.69, 9.17) is 5.26 Å². The first kappa shape index (κ1) is 14.0. The van der Waals surface area contributed by atoms with E-state index in [1.54, 1.807) is 0 Å². The number of ether oxygens (including phenoxy) is 2. The third kappa shape index (κ3) is 2.97. The fourth-order valence-corrected chi connectivity index (χ4v) is 1.15. The van der Waals surface area contributed by atoms with Crippen molar-refractivity contribution in [2.45, 2.75) is 12.8 Å². The van der Waals surface area contributed by atoms with E-state index in [1.807, 2.05) is 0 Å². The van der Waals surface area contributed by atoms with E-state index in [-0.39, 0.29) is 5.75 Å². The molecule has 0 bridgehead atoms. The largest absolute Gasteiger partial charge is 0.574 e. The SMILES string of the molecule is COc1cnc(OC(F)(F)F)c(C(F)F)c1C#N. The van der Waals surface area contributed by atoms with Crippen LogP contribution in [0.25, 0.3) is 0 Å². The van der Waals surface area contributed by atoms with Crippen LogP contribution in [-0.4, -0.2) is 18.5 Å². The molecule has 0 aliphatic carbocycles. The molecule has 0 fully saturated rings. The van der Waals surface area contributed by atoms with E-state index in [2.05, 4.69) is 14.5 Å². The second-order valence-corrected chi connectivity index (χ2v) is 2.88. The first-order chi connectivity index (χ1) is 8.30. The molecule has 18 heavy (non-hydrogen) atoms. The van der Waals surface area contributed by atoms with Gasteiger partial charge in [-0.2, -0.15) is 5.26 Å². The van der Waals surface area contributed by atoms with Crippen molar-refractivity contribution in [3.63, 3.8) is 0 Å². The van der Waals surface area contributed by atoms with Gasteiger partial charge in [0, 0.05) is 0 Å². The topological polar surface area (TPSA) is 55.1 Å². The molecule has 0 amide bonds. The van der Waals surface area contributed by atoms with Gasteiger partial charge in [0.1, 0.15) is 17.2 Å². The highest BCUT2D eigenvalue weighted by molar-refractivity contribution is 5.52. The van der Waals surface area contributed by atoms with E-state index in [1.165, 1.54) is 6.07 Å². The molecule has 0 saturated heterocycles. The molecule has 1 aromatic rings. The summed E-state index contributed by atoms with van der Waals surface area (Å²) in [5.74, 6) is -1.72. The Morgan fingerprint density at radius 3 is 2.39 bits per heavy atom. The Morgan fingerprint density at radius 2 is 2.00 bits per heavy atom. The standard InChI is InChI=1S/C9H5F5N2O2/c1-17-5-3-16-8(18-9(12,13)14)6(7(10)11)4(5)2-15/h3,7H,1H3. The van der Waals surface area contributed by atoms with Crippen LogP contribution in [0.4, 0.5) is 22.0 Å². The molecule has 0 atom stereocenters. The Kier molecular flexibility index (Phi) is 3.90. The zero-order valence-electron chi connectivity index (χ0n) is 8.76. The molecule has 1 aromatic heterocycles. The monoisotopic (exact) mass is 268 g/mol. The van der Waals surface area contributed by atoms with E-state index in [0.717, 1.165) is 7.11 Å². The predicted molar refractivity (Wildman–Crippen MR) is 47.1 cm³/mol. The lowest BCUT2D eigenvalue weighted by Gasteiger charge is -2.14. The van der Waals surface area contributed by atoms with Crippen LogP contribution in [0.5, 0.6) is 11.6 Å². The van der Waals surface area contributed by atoms with Crippen molar-refractivity contribution in [3.8, 4) is 17.7 Å². The molecule has 98 valence electrons. The highest BCUT2D eigenvalue weighted by Gasteiger charge is 2.35. The van der Waals surface area contributed by atoms with Gasteiger partial charge in [0.05, 0.1) is 13.3 Å². The first-order valence-electron chi connectivity index (χ1n) is 4.31. The van der Waals surface area contributed by atoms with Crippen molar-refractivity contribution in [1.82, 2.24) is 4.98 Å². The summed E-state index contributed by atoms with van der Waals surface area (Å²) in [6.07, 6.45) is -7.84. The van der Waals surface area contributed by atoms with Crippen molar-refractivity contribution < 1.29 is 31.4 Å². The normalized spacial score (nSPS) is 11.2. The maximum absolute atomic E-state index is 12.7. The summed E-state index contributed by atoms with van der Waals surface area (Å²) in [7, 11) is 1.07. The van der Waals surface area contributed by atoms with E-state index < -0.39 is 29.8 Å². The average Bonchev–Trinajstić information content (AvgIpc) is 2.25. The van der Waals surface area contributed by atoms with Crippen molar-refractivity contribution in [3.05, 3.63) is 17.3 Å². The number of nitriles is 1. The maximum atomic E-state index is 12.7. The molecule has 0 radical (unpaired) electrons. The Labute approximate surface area is 97.6 Å². The third-order valence-electron chi connectivity index (χ3n) is 1.81. The lowest BCUT2D eigenvalue weighted by Crippen LogP contribution is -2.19. The molecule has 0 saturated carbocycles. The quantitative estimate of drug-likeness (QED) is 0.791. The zero-order valence-corrected chi connectivity index (χ0v) is 8.76. The van der Waals surface area contributed by atoms with E-state index >= 15 is 0 Å². The van der Waals surface area contributed by atoms with Gasteiger partial charge >= 0.3 is 6.36 Å². The molecule has 0 aliphatic rings. The van der Waals surface area contributed by atoms with Gasteiger partial charge in [-0.15, -0.1) is 13.2 Å². The molecule has 0 spiro atoms. The fraction of sp³-hybridized carbons (Fsp3) is 0.333. The van der Waals surface area contributed by atoms with Crippen molar-refractivity contribution >= 4 is 0 Å². The smallest absolute Gasteiger partial charge is 0.494 e. The van der Waals surface area contributed by atoms with Crippen LogP contribution in [0.3, 0.4) is 0 Å². The maximum Gasteiger partial charge on any atom is 0.574 e. The van der Waals surface area contributed by atoms with Crippen molar-refractivity contribution in [2.75, 3.05) is 7.11 Å². The van der Waals surface area contributed by atoms with Crippen LogP contribution in [0, 0.1) is 11.3 Å². The number of aromatic nitrogens is 1. The number of hydrogen-bond donors (Lipinski definition) is 0. The molecule has 1 rings (SSSR count). The van der Waals surface area contributed by atoms with E-state index in [0.29, 0.717) is 6.20 Å². The minimum atomic E-state index is -5.18. The Morgan fingerprint density at radius 1 is 1.39 bits per heavy atom. The Balaban J connectivity index is 3.41. The van der Waals surface area contributed by atoms with Crippen LogP contribution in [-0.2, 0) is 0 Å². The summed E-state index contributed by atoms with van der Waals surface area (Å²) in [6, 6.07) is 1.33. The number of rotatable bonds is 3. The van der Waals surface area contributed by atoms with Gasteiger partial charge in [0.25, 0.3) is 6.43 Å². The average molecular weight is 268 g/mol. The van der Waals surface area contributed by atoms with Crippen LogP contribution in [0.1, 0.15) is 17.6 Å². The molecule has 0 aliphatic heterocycles. The van der Waals surface area contributed by atoms with Gasteiger partial charge in [-0.1, -0.05) is 0 Å². The van der Waals surface area contributed by atoms with Crippen LogP contribution < -0.4 is 9.47 Å². The lowest BCUT2D eigenvalue weighted by atomic mass is 10.1. The third-order valence-corrected chi connectivity index (χ3v) is 1.81. The lowest BCUT2D eigenvalue weighted by molar-refractivity contribution is -0.276. The molecule has 1 heterocycles. The number of methoxy groups -OCH3 is 1. The Hall–Kier alpha value is -2.11. The molecule has 9 heteroatoms. The van der Waals surface area contributed by atoms with Gasteiger partial charge in [0.2, 0.25) is 5.88 Å². The molecule has 4 nitrogen and oxygen atoms in total. The van der Waals surface area contributed by atoms with Gasteiger partial charge < -0.3 is 9.47 Å². The fourth-order valence-electron chi connectivity index (χ4n) is 1.15. The molecular formula is C9H5F5N2O2. The summed E-state index contributed by atoms with van der Waals surface area (Å²) in [5.41, 5.74) is -2.00. The number of pyridine rings is 1. The highest BCUT2D eigenvalue weighted by Crippen LogP contribution is 2.37. The summed E-state index contributed by atoms with van der Waals surface area (Å²) < 4.78 is 69.2. The van der Waals surface area contributed by atoms with Gasteiger partial charge in [-0.3, -0.25) is 0 Å². The number of hydrogen-bond acceptors (Lipinski definition) is 4. The molecule has 0 N–H and O–H groups in total. The summed E-state index contributed by atoms with van der Waals surface area (Å²) in [6.45, 7) is 0. The summed E-state index contributed by atoms with van der Waals surface area (Å²) >= 11 is 0. The second kappa shape index (κ2) is 5.03. The summed E-state index contributed by atoms with van der Waals surface area (Å²) in [4.78, 5) is 3.07. The van der Waals surface area contributed by atoms with E-state index in [9.17, 15) is 22.0 Å². The molecule has 0 unspecified atom stereocenters. The minimum absolute atomic E-state index is 0.359. The van der Waals surface area contributed by atoms with Crippen molar-refractivity contribution in [2.24, 2.45) is 0 Å². The number of nitrogens with zero attached hydrogens (tertiary/aromatic N) is 2. The van der Waals surface area contributed by atoms with Crippen molar-refractivity contribution in [1.29, 1.82) is 5.26 Å². The summed E-state index contributed by atoms with van der Waals surface area (Å²) in [5, 5.41) is 8.67. The zero-order chi connectivity index (χ0) is 13.9. The number of alkyl halides is 5. The number of halogens is 5. The van der Waals surface area contributed by atoms with Gasteiger partial charge in [-0.05, 0) is 0 Å². The Bertz CT molecular complexity index is 481. The second-order valence-electron chi connectivity index (χ2n) is 2.88. The van der Waals surface area contributed by atoms with Gasteiger partial charge in [-0.25, -0.2) is 13.8 Å². The van der Waals surface area contributed by atoms with Crippen LogP contribution in [0.2, 0.25) is 0 Å². The predicted octanol–water partition coefficient (Wildman–Crippen LogP) is 2.80. The molecular weight excluding hydrogens is 263 g/mol. The highest BCUT2D eigenvalue weighted by atomic mass is 19.4. The van der Waals surface area contributed by atoms with Crippen LogP contribution >= 0.6 is 0 Å². The molecule has 0 aromatic carbocycles. The minimum Gasteiger partial charge on any atom is -0.494 e.